The highest BCUT2D eigenvalue weighted by Gasteiger charge is 2.43. The van der Waals surface area contributed by atoms with Gasteiger partial charge in [0.2, 0.25) is 5.91 Å². The minimum Gasteiger partial charge on any atom is -0.484 e. The molecule has 2 heterocycles. The van der Waals surface area contributed by atoms with Gasteiger partial charge in [-0.15, -0.1) is 0 Å². The lowest BCUT2D eigenvalue weighted by Gasteiger charge is -2.32. The van der Waals surface area contributed by atoms with Crippen LogP contribution >= 0.6 is 11.8 Å². The van der Waals surface area contributed by atoms with Crippen LogP contribution in [0.1, 0.15) is 6.92 Å². The molecule has 3 rings (SSSR count). The molecule has 2 N–H and O–H groups in total. The first-order chi connectivity index (χ1) is 17.4. The summed E-state index contributed by atoms with van der Waals surface area (Å²) in [6.07, 6.45) is 1.53. The lowest BCUT2D eigenvalue weighted by molar-refractivity contribution is -0.135. The zero-order chi connectivity index (χ0) is 26.1. The number of nitrogens with one attached hydrogen (secondary N) is 2. The van der Waals surface area contributed by atoms with Gasteiger partial charge in [0.1, 0.15) is 17.7 Å². The number of carbonyl (C=O) groups is 3. The maximum atomic E-state index is 12.9. The highest BCUT2D eigenvalue weighted by molar-refractivity contribution is 8.05. The van der Waals surface area contributed by atoms with Crippen LogP contribution in [0.3, 0.4) is 0 Å². The molecule has 2 saturated heterocycles. The van der Waals surface area contributed by atoms with E-state index in [9.17, 15) is 19.6 Å². The molecular formula is C24H29N7O4S. The van der Waals surface area contributed by atoms with E-state index in [1.807, 2.05) is 13.1 Å². The van der Waals surface area contributed by atoms with Crippen molar-refractivity contribution in [2.45, 2.75) is 12.3 Å². The van der Waals surface area contributed by atoms with Crippen LogP contribution in [0.15, 0.2) is 35.4 Å². The summed E-state index contributed by atoms with van der Waals surface area (Å²) < 4.78 is 5.69. The first-order valence-corrected chi connectivity index (χ1v) is 12.4. The number of carbonyl (C=O) groups excluding carboxylic acids is 3. The molecule has 0 saturated carbocycles. The summed E-state index contributed by atoms with van der Waals surface area (Å²) in [5.41, 5.74) is 0.649. The van der Waals surface area contributed by atoms with E-state index in [1.165, 1.54) is 11.1 Å². The fourth-order valence-electron chi connectivity index (χ4n) is 3.77. The minimum absolute atomic E-state index is 0.0564. The van der Waals surface area contributed by atoms with E-state index >= 15 is 0 Å². The van der Waals surface area contributed by atoms with Crippen molar-refractivity contribution >= 4 is 35.2 Å². The fraction of sp³-hybridized carbons (Fsp3) is 0.458. The van der Waals surface area contributed by atoms with Gasteiger partial charge in [-0.1, -0.05) is 17.8 Å². The van der Waals surface area contributed by atoms with Gasteiger partial charge in [-0.25, -0.2) is 0 Å². The number of rotatable bonds is 9. The van der Waals surface area contributed by atoms with Gasteiger partial charge in [0.05, 0.1) is 17.0 Å². The van der Waals surface area contributed by atoms with Crippen molar-refractivity contribution in [3.8, 4) is 17.9 Å². The minimum atomic E-state index is -1.12. The van der Waals surface area contributed by atoms with Gasteiger partial charge < -0.3 is 30.1 Å². The van der Waals surface area contributed by atoms with Crippen LogP contribution in [0.5, 0.6) is 5.75 Å². The van der Waals surface area contributed by atoms with Crippen molar-refractivity contribution in [1.82, 2.24) is 20.0 Å². The van der Waals surface area contributed by atoms with E-state index in [0.29, 0.717) is 36.0 Å². The number of nitriles is 2. The number of benzene rings is 1. The summed E-state index contributed by atoms with van der Waals surface area (Å²) in [5.74, 6) is -1.55. The Morgan fingerprint density at radius 1 is 1.28 bits per heavy atom. The molecule has 0 spiro atoms. The van der Waals surface area contributed by atoms with Crippen molar-refractivity contribution in [3.05, 3.63) is 35.4 Å². The van der Waals surface area contributed by atoms with E-state index in [-0.39, 0.29) is 25.0 Å². The Hall–Kier alpha value is -3.74. The molecule has 2 fully saturated rings. The normalized spacial score (nSPS) is 19.9. The Bertz CT molecular complexity index is 1090. The van der Waals surface area contributed by atoms with Gasteiger partial charge >= 0.3 is 0 Å². The predicted molar refractivity (Wildman–Crippen MR) is 134 cm³/mol. The largest absolute Gasteiger partial charge is 0.484 e. The number of thioether (sulfide) groups is 1. The third-order valence-electron chi connectivity index (χ3n) is 5.84. The summed E-state index contributed by atoms with van der Waals surface area (Å²) in [6.45, 7) is 4.87. The number of ether oxygens (including phenoxy) is 1. The van der Waals surface area contributed by atoms with Crippen LogP contribution in [-0.2, 0) is 14.4 Å². The first-order valence-electron chi connectivity index (χ1n) is 11.6. The number of anilines is 1. The van der Waals surface area contributed by atoms with E-state index in [1.54, 1.807) is 42.2 Å². The second-order valence-corrected chi connectivity index (χ2v) is 9.39. The molecule has 0 aromatic heterocycles. The highest BCUT2D eigenvalue weighted by Crippen LogP contribution is 2.38. The summed E-state index contributed by atoms with van der Waals surface area (Å²) in [5, 5.41) is 23.0. The maximum absolute atomic E-state index is 12.9. The first kappa shape index (κ1) is 26.9. The summed E-state index contributed by atoms with van der Waals surface area (Å²) in [4.78, 5) is 43.4. The second-order valence-electron chi connectivity index (χ2n) is 8.24. The van der Waals surface area contributed by atoms with E-state index < -0.39 is 17.2 Å². The number of hydrogen-bond donors (Lipinski definition) is 2. The van der Waals surface area contributed by atoms with Crippen molar-refractivity contribution in [2.75, 3.05) is 58.2 Å². The third kappa shape index (κ3) is 6.68. The second kappa shape index (κ2) is 12.8. The van der Waals surface area contributed by atoms with Gasteiger partial charge in [0.15, 0.2) is 12.5 Å². The molecule has 2 unspecified atom stereocenters. The third-order valence-corrected chi connectivity index (χ3v) is 7.15. The fourth-order valence-corrected chi connectivity index (χ4v) is 5.07. The van der Waals surface area contributed by atoms with Crippen LogP contribution in [0.2, 0.25) is 0 Å². The zero-order valence-corrected chi connectivity index (χ0v) is 21.1. The van der Waals surface area contributed by atoms with Crippen LogP contribution in [0, 0.1) is 28.6 Å². The standard InChI is InChI=1S/C24H29N7O4S/c1-3-31-23(34)20(36-24(31)19(14-26)22(33)27-8-7-25)15-28-17-5-4-6-18(13-17)35-16-21(32)30-11-9-29(2)10-12-30/h4-6,13,15,19,24,28H,3,8-12,16H2,1-2H3,(H,27,33)/b20-15+. The lowest BCUT2D eigenvalue weighted by atomic mass is 10.1. The average molecular weight is 512 g/mol. The smallest absolute Gasteiger partial charge is 0.262 e. The van der Waals surface area contributed by atoms with Gasteiger partial charge in [0, 0.05) is 50.7 Å². The van der Waals surface area contributed by atoms with Gasteiger partial charge in [0.25, 0.3) is 11.8 Å². The van der Waals surface area contributed by atoms with Crippen molar-refractivity contribution in [2.24, 2.45) is 5.92 Å². The molecule has 2 atom stereocenters. The van der Waals surface area contributed by atoms with Gasteiger partial charge in [-0.05, 0) is 26.1 Å². The predicted octanol–water partition coefficient (Wildman–Crippen LogP) is 0.794. The number of likely N-dealkylation sites (N-methyl/N-ethyl adjacent to an activating group) is 2. The SMILES string of the molecule is CCN1C(=O)/C(=C\Nc2cccc(OCC(=O)N3CCN(C)CC3)c2)SC1C(C#N)C(=O)NCC#N. The van der Waals surface area contributed by atoms with E-state index in [2.05, 4.69) is 15.5 Å². The molecule has 1 aromatic carbocycles. The summed E-state index contributed by atoms with van der Waals surface area (Å²) in [6, 6.07) is 10.8. The van der Waals surface area contributed by atoms with Crippen molar-refractivity contribution in [1.29, 1.82) is 10.5 Å². The van der Waals surface area contributed by atoms with Crippen molar-refractivity contribution in [3.63, 3.8) is 0 Å². The molecule has 0 bridgehead atoms. The Morgan fingerprint density at radius 2 is 2.03 bits per heavy atom. The maximum Gasteiger partial charge on any atom is 0.262 e. The monoisotopic (exact) mass is 511 g/mol. The molecule has 12 heteroatoms. The number of piperazine rings is 1. The van der Waals surface area contributed by atoms with Crippen LogP contribution in [0.25, 0.3) is 0 Å². The number of nitrogens with zero attached hydrogens (tertiary/aromatic N) is 5. The van der Waals surface area contributed by atoms with Crippen LogP contribution in [-0.4, -0.2) is 90.7 Å². The lowest BCUT2D eigenvalue weighted by Crippen LogP contribution is -2.48. The topological polar surface area (TPSA) is 142 Å². The molecule has 11 nitrogen and oxygen atoms in total. The quantitative estimate of drug-likeness (QED) is 0.363. The highest BCUT2D eigenvalue weighted by atomic mass is 32.2. The molecule has 3 amide bonds. The Balaban J connectivity index is 1.61. The van der Waals surface area contributed by atoms with Gasteiger partial charge in [-0.2, -0.15) is 10.5 Å². The molecule has 190 valence electrons. The molecule has 0 aliphatic carbocycles. The Labute approximate surface area is 214 Å². The summed E-state index contributed by atoms with van der Waals surface area (Å²) in [7, 11) is 2.03. The van der Waals surface area contributed by atoms with E-state index in [4.69, 9.17) is 10.00 Å². The Kier molecular flexibility index (Phi) is 9.56. The number of amides is 3. The van der Waals surface area contributed by atoms with Crippen LogP contribution in [0.4, 0.5) is 5.69 Å². The molecule has 2 aliphatic heterocycles. The molecule has 0 radical (unpaired) electrons. The van der Waals surface area contributed by atoms with Crippen molar-refractivity contribution < 1.29 is 19.1 Å². The zero-order valence-electron chi connectivity index (χ0n) is 20.3. The molecule has 2 aliphatic rings. The molecule has 1 aromatic rings. The van der Waals surface area contributed by atoms with E-state index in [0.717, 1.165) is 24.9 Å². The number of hydrogen-bond acceptors (Lipinski definition) is 9. The summed E-state index contributed by atoms with van der Waals surface area (Å²) >= 11 is 1.12. The average Bonchev–Trinajstić information content (AvgIpc) is 3.20. The van der Waals surface area contributed by atoms with Gasteiger partial charge in [-0.3, -0.25) is 14.4 Å². The molecular weight excluding hydrogens is 482 g/mol. The Morgan fingerprint density at radius 3 is 2.69 bits per heavy atom. The van der Waals surface area contributed by atoms with Crippen LogP contribution < -0.4 is 15.4 Å². The molecule has 36 heavy (non-hydrogen) atoms.